The first kappa shape index (κ1) is 22.8. The lowest BCUT2D eigenvalue weighted by Crippen LogP contribution is -2.57. The molecule has 2 unspecified atom stereocenters. The normalized spacial score (nSPS) is 16.9. The molecule has 0 saturated heterocycles. The summed E-state index contributed by atoms with van der Waals surface area (Å²) in [7, 11) is 1.52. The lowest BCUT2D eigenvalue weighted by Gasteiger charge is -2.34. The summed E-state index contributed by atoms with van der Waals surface area (Å²) < 4.78 is 40.4. The Morgan fingerprint density at radius 3 is 2.48 bits per heavy atom. The quantitative estimate of drug-likeness (QED) is 0.731. The standard InChI is InChI=1S/C20H23F3N4O4/c1-19(31,20(21,22)23)18(30)26-8-9-27-14(10-24-16(27)12-26)17(29)25(2)11-15(28)13-6-4-3-5-7-13/h3-7,10,15,28,31H,8-9,11-12H2,1-2H3. The van der Waals surface area contributed by atoms with Crippen molar-refractivity contribution in [2.75, 3.05) is 20.1 Å². The Hall–Kier alpha value is -2.92. The topological polar surface area (TPSA) is 98.9 Å². The molecule has 0 spiro atoms. The van der Waals surface area contributed by atoms with Crippen LogP contribution in [0.1, 0.15) is 34.9 Å². The van der Waals surface area contributed by atoms with Crippen LogP contribution in [0.4, 0.5) is 13.2 Å². The van der Waals surface area contributed by atoms with Gasteiger partial charge in [-0.2, -0.15) is 13.2 Å². The van der Waals surface area contributed by atoms with Crippen LogP contribution in [0, 0.1) is 0 Å². The number of imidazole rings is 1. The summed E-state index contributed by atoms with van der Waals surface area (Å²) in [6.45, 7) is 0.103. The van der Waals surface area contributed by atoms with Gasteiger partial charge in [0.1, 0.15) is 11.5 Å². The molecule has 0 radical (unpaired) electrons. The molecule has 2 atom stereocenters. The Morgan fingerprint density at radius 2 is 1.87 bits per heavy atom. The van der Waals surface area contributed by atoms with E-state index >= 15 is 0 Å². The number of halogens is 3. The summed E-state index contributed by atoms with van der Waals surface area (Å²) in [5, 5.41) is 20.0. The molecule has 1 aromatic heterocycles. The first-order chi connectivity index (χ1) is 14.4. The van der Waals surface area contributed by atoms with Crippen molar-refractivity contribution in [3.63, 3.8) is 0 Å². The third-order valence-electron chi connectivity index (χ3n) is 5.32. The second-order valence-corrected chi connectivity index (χ2v) is 7.62. The highest BCUT2D eigenvalue weighted by Crippen LogP contribution is 2.32. The van der Waals surface area contributed by atoms with E-state index in [0.29, 0.717) is 12.5 Å². The Kier molecular flexibility index (Phi) is 6.10. The summed E-state index contributed by atoms with van der Waals surface area (Å²) in [5.74, 6) is -1.65. The number of nitrogens with zero attached hydrogens (tertiary/aromatic N) is 4. The maximum Gasteiger partial charge on any atom is 0.426 e. The minimum absolute atomic E-state index is 0.0302. The van der Waals surface area contributed by atoms with Gasteiger partial charge in [-0.25, -0.2) is 4.98 Å². The zero-order chi connectivity index (χ0) is 23.0. The van der Waals surface area contributed by atoms with Crippen LogP contribution >= 0.6 is 0 Å². The van der Waals surface area contributed by atoms with Crippen LogP contribution < -0.4 is 0 Å². The van der Waals surface area contributed by atoms with Crippen molar-refractivity contribution in [1.29, 1.82) is 0 Å². The van der Waals surface area contributed by atoms with Crippen molar-refractivity contribution >= 4 is 11.8 Å². The van der Waals surface area contributed by atoms with E-state index < -0.39 is 29.7 Å². The van der Waals surface area contributed by atoms with Gasteiger partial charge in [0.2, 0.25) is 5.60 Å². The van der Waals surface area contributed by atoms with Gasteiger partial charge in [-0.3, -0.25) is 9.59 Å². The lowest BCUT2D eigenvalue weighted by atomic mass is 10.0. The predicted octanol–water partition coefficient (Wildman–Crippen LogP) is 1.34. The van der Waals surface area contributed by atoms with E-state index in [1.807, 2.05) is 6.07 Å². The van der Waals surface area contributed by atoms with Crippen molar-refractivity contribution in [3.05, 3.63) is 53.6 Å². The first-order valence-corrected chi connectivity index (χ1v) is 9.55. The molecule has 0 aliphatic carbocycles. The Labute approximate surface area is 176 Å². The first-order valence-electron chi connectivity index (χ1n) is 9.55. The van der Waals surface area contributed by atoms with Gasteiger partial charge in [-0.05, 0) is 12.5 Å². The molecule has 8 nitrogen and oxygen atoms in total. The van der Waals surface area contributed by atoms with E-state index in [0.717, 1.165) is 4.90 Å². The average molecular weight is 440 g/mol. The number of aliphatic hydroxyl groups is 2. The van der Waals surface area contributed by atoms with E-state index in [1.165, 1.54) is 22.7 Å². The molecular weight excluding hydrogens is 417 g/mol. The van der Waals surface area contributed by atoms with Gasteiger partial charge in [-0.1, -0.05) is 30.3 Å². The molecule has 11 heteroatoms. The fourth-order valence-corrected chi connectivity index (χ4v) is 3.35. The van der Waals surface area contributed by atoms with Gasteiger partial charge in [0.15, 0.2) is 0 Å². The number of fused-ring (bicyclic) bond motifs is 1. The van der Waals surface area contributed by atoms with E-state index in [2.05, 4.69) is 4.98 Å². The minimum atomic E-state index is -5.11. The molecule has 2 amide bonds. The van der Waals surface area contributed by atoms with Crippen molar-refractivity contribution in [3.8, 4) is 0 Å². The fourth-order valence-electron chi connectivity index (χ4n) is 3.35. The van der Waals surface area contributed by atoms with Gasteiger partial charge in [0, 0.05) is 20.1 Å². The number of hydrogen-bond donors (Lipinski definition) is 2. The SMILES string of the molecule is CN(CC(O)c1ccccc1)C(=O)c1cnc2n1CCN(C(=O)C(C)(O)C(F)(F)F)C2. The van der Waals surface area contributed by atoms with Crippen LogP contribution in [0.2, 0.25) is 0 Å². The van der Waals surface area contributed by atoms with Gasteiger partial charge in [0.25, 0.3) is 11.8 Å². The van der Waals surface area contributed by atoms with E-state index in [1.54, 1.807) is 24.3 Å². The van der Waals surface area contributed by atoms with Crippen molar-refractivity contribution < 1.29 is 33.0 Å². The molecule has 3 rings (SSSR count). The second-order valence-electron chi connectivity index (χ2n) is 7.62. The van der Waals surface area contributed by atoms with Crippen molar-refractivity contribution in [1.82, 2.24) is 19.4 Å². The largest absolute Gasteiger partial charge is 0.426 e. The van der Waals surface area contributed by atoms with Gasteiger partial charge < -0.3 is 24.6 Å². The molecule has 1 aliphatic heterocycles. The summed E-state index contributed by atoms with van der Waals surface area (Å²) in [5.41, 5.74) is -2.65. The molecule has 0 saturated carbocycles. The zero-order valence-corrected chi connectivity index (χ0v) is 17.0. The van der Waals surface area contributed by atoms with Crippen LogP contribution in [0.3, 0.4) is 0 Å². The smallest absolute Gasteiger partial charge is 0.387 e. The summed E-state index contributed by atoms with van der Waals surface area (Å²) >= 11 is 0. The number of alkyl halides is 3. The second kappa shape index (κ2) is 8.31. The number of hydrogen-bond acceptors (Lipinski definition) is 5. The number of likely N-dealkylation sites (N-methyl/N-ethyl adjacent to an activating group) is 1. The Bertz CT molecular complexity index is 959. The average Bonchev–Trinajstić information content (AvgIpc) is 3.15. The summed E-state index contributed by atoms with van der Waals surface area (Å²) in [6.07, 6.45) is -4.71. The molecule has 0 fully saturated rings. The maximum absolute atomic E-state index is 13.0. The number of amides is 2. The highest BCUT2D eigenvalue weighted by atomic mass is 19.4. The number of rotatable bonds is 5. The van der Waals surface area contributed by atoms with E-state index in [-0.39, 0.29) is 37.7 Å². The number of carbonyl (C=O) groups is 2. The van der Waals surface area contributed by atoms with E-state index in [4.69, 9.17) is 0 Å². The number of carbonyl (C=O) groups excluding carboxylic acids is 2. The fraction of sp³-hybridized carbons (Fsp3) is 0.450. The lowest BCUT2D eigenvalue weighted by molar-refractivity contribution is -0.250. The summed E-state index contributed by atoms with van der Waals surface area (Å²) in [6, 6.07) is 8.84. The number of aliphatic hydroxyl groups excluding tert-OH is 1. The Morgan fingerprint density at radius 1 is 1.23 bits per heavy atom. The van der Waals surface area contributed by atoms with Crippen LogP contribution in [-0.4, -0.2) is 73.3 Å². The molecular formula is C20H23F3N4O4. The van der Waals surface area contributed by atoms with Crippen LogP contribution in [0.25, 0.3) is 0 Å². The monoisotopic (exact) mass is 440 g/mol. The minimum Gasteiger partial charge on any atom is -0.387 e. The molecule has 1 aliphatic rings. The zero-order valence-electron chi connectivity index (χ0n) is 17.0. The van der Waals surface area contributed by atoms with Crippen LogP contribution in [0.15, 0.2) is 36.5 Å². The molecule has 31 heavy (non-hydrogen) atoms. The highest BCUT2D eigenvalue weighted by molar-refractivity contribution is 5.92. The Balaban J connectivity index is 1.71. The predicted molar refractivity (Wildman–Crippen MR) is 103 cm³/mol. The van der Waals surface area contributed by atoms with Gasteiger partial charge >= 0.3 is 6.18 Å². The van der Waals surface area contributed by atoms with Gasteiger partial charge in [0.05, 0.1) is 25.4 Å². The number of benzene rings is 1. The summed E-state index contributed by atoms with van der Waals surface area (Å²) in [4.78, 5) is 31.3. The molecule has 2 heterocycles. The van der Waals surface area contributed by atoms with Crippen LogP contribution in [-0.2, 0) is 17.9 Å². The molecule has 1 aromatic carbocycles. The highest BCUT2D eigenvalue weighted by Gasteiger charge is 2.57. The van der Waals surface area contributed by atoms with Gasteiger partial charge in [-0.15, -0.1) is 0 Å². The number of aromatic nitrogens is 2. The van der Waals surface area contributed by atoms with E-state index in [9.17, 15) is 33.0 Å². The molecule has 168 valence electrons. The third-order valence-corrected chi connectivity index (χ3v) is 5.32. The van der Waals surface area contributed by atoms with Crippen LogP contribution in [0.5, 0.6) is 0 Å². The van der Waals surface area contributed by atoms with Crippen molar-refractivity contribution in [2.45, 2.75) is 37.9 Å². The molecule has 0 bridgehead atoms. The maximum atomic E-state index is 13.0. The molecule has 2 N–H and O–H groups in total. The van der Waals surface area contributed by atoms with Crippen molar-refractivity contribution in [2.24, 2.45) is 0 Å². The third kappa shape index (κ3) is 4.42. The molecule has 2 aromatic rings.